The fourth-order valence-electron chi connectivity index (χ4n) is 3.58. The molecule has 0 unspecified atom stereocenters. The second kappa shape index (κ2) is 8.71. The Labute approximate surface area is 171 Å². The van der Waals surface area contributed by atoms with Gasteiger partial charge in [-0.2, -0.15) is 5.26 Å². The molecular weight excluding hydrogens is 392 g/mol. The summed E-state index contributed by atoms with van der Waals surface area (Å²) >= 11 is 0. The lowest BCUT2D eigenvalue weighted by Crippen LogP contribution is -2.39. The molecule has 156 valence electrons. The van der Waals surface area contributed by atoms with Crippen LogP contribution < -0.4 is 10.2 Å². The van der Waals surface area contributed by atoms with E-state index in [1.165, 1.54) is 19.2 Å². The van der Waals surface area contributed by atoms with Crippen LogP contribution >= 0.6 is 0 Å². The number of rotatable bonds is 6. The zero-order valence-electron chi connectivity index (χ0n) is 16.2. The lowest BCUT2D eigenvalue weighted by atomic mass is 10.0. The topological polar surface area (TPSA) is 158 Å². The summed E-state index contributed by atoms with van der Waals surface area (Å²) in [5.74, 6) is 0.729. The summed E-state index contributed by atoms with van der Waals surface area (Å²) in [7, 11) is 0. The zero-order valence-corrected chi connectivity index (χ0v) is 16.2. The number of nitro groups is 2. The van der Waals surface area contributed by atoms with E-state index in [9.17, 15) is 25.3 Å². The minimum absolute atomic E-state index is 0.130. The van der Waals surface area contributed by atoms with Crippen molar-refractivity contribution >= 4 is 22.9 Å². The summed E-state index contributed by atoms with van der Waals surface area (Å²) in [6.45, 7) is 2.15. The van der Waals surface area contributed by atoms with Crippen LogP contribution in [0.5, 0.6) is 0 Å². The van der Waals surface area contributed by atoms with Gasteiger partial charge in [-0.05, 0) is 37.5 Å². The standard InChI is InChI=1S/C19H20N6O5/c1-12-14(11-26)8-16(24(27)28)18(19(12)25(29)30)22-15-4-6-23(7-5-15)17-3-2-13(9-20)10-21-17/h2-3,8,10,15,22,26H,4-7,11H2,1H3. The number of aromatic nitrogens is 1. The highest BCUT2D eigenvalue weighted by Crippen LogP contribution is 2.40. The molecule has 2 N–H and O–H groups in total. The molecule has 0 bridgehead atoms. The van der Waals surface area contributed by atoms with Crippen LogP contribution in [0.15, 0.2) is 24.4 Å². The summed E-state index contributed by atoms with van der Waals surface area (Å²) in [5.41, 5.74) is -0.112. The number of hydrogen-bond donors (Lipinski definition) is 2. The first-order chi connectivity index (χ1) is 14.3. The van der Waals surface area contributed by atoms with Crippen molar-refractivity contribution in [3.8, 4) is 6.07 Å². The Morgan fingerprint density at radius 3 is 2.50 bits per heavy atom. The number of anilines is 2. The van der Waals surface area contributed by atoms with E-state index in [0.717, 1.165) is 5.82 Å². The average Bonchev–Trinajstić information content (AvgIpc) is 2.74. The van der Waals surface area contributed by atoms with Crippen LogP contribution in [0.3, 0.4) is 0 Å². The largest absolute Gasteiger partial charge is 0.392 e. The van der Waals surface area contributed by atoms with E-state index in [-0.39, 0.29) is 28.5 Å². The van der Waals surface area contributed by atoms with Gasteiger partial charge < -0.3 is 15.3 Å². The molecule has 0 aliphatic carbocycles. The van der Waals surface area contributed by atoms with Gasteiger partial charge in [0.2, 0.25) is 0 Å². The zero-order chi connectivity index (χ0) is 21.8. The molecule has 0 spiro atoms. The van der Waals surface area contributed by atoms with Crippen molar-refractivity contribution in [2.75, 3.05) is 23.3 Å². The van der Waals surface area contributed by atoms with Crippen molar-refractivity contribution in [2.24, 2.45) is 0 Å². The van der Waals surface area contributed by atoms with Gasteiger partial charge in [0.05, 0.1) is 22.0 Å². The van der Waals surface area contributed by atoms with Crippen molar-refractivity contribution in [1.29, 1.82) is 5.26 Å². The lowest BCUT2D eigenvalue weighted by Gasteiger charge is -2.33. The molecule has 1 fully saturated rings. The van der Waals surface area contributed by atoms with Crippen molar-refractivity contribution in [2.45, 2.75) is 32.4 Å². The summed E-state index contributed by atoms with van der Waals surface area (Å²) in [5, 5.41) is 44.5. The first-order valence-corrected chi connectivity index (χ1v) is 9.29. The predicted octanol–water partition coefficient (Wildman–Crippen LogP) is 2.65. The minimum Gasteiger partial charge on any atom is -0.392 e. The molecule has 0 amide bonds. The Morgan fingerprint density at radius 2 is 2.00 bits per heavy atom. The van der Waals surface area contributed by atoms with Gasteiger partial charge in [0.15, 0.2) is 5.69 Å². The Hall–Kier alpha value is -3.78. The summed E-state index contributed by atoms with van der Waals surface area (Å²) in [6.07, 6.45) is 2.69. The van der Waals surface area contributed by atoms with Crippen LogP contribution in [-0.2, 0) is 6.61 Å². The molecule has 1 aliphatic rings. The molecule has 2 aromatic rings. The Kier molecular flexibility index (Phi) is 6.08. The van der Waals surface area contributed by atoms with E-state index in [4.69, 9.17) is 5.26 Å². The number of nitro benzene ring substituents is 2. The maximum atomic E-state index is 11.6. The first kappa shape index (κ1) is 20.9. The van der Waals surface area contributed by atoms with Gasteiger partial charge in [-0.15, -0.1) is 0 Å². The van der Waals surface area contributed by atoms with Gasteiger partial charge in [-0.25, -0.2) is 4.98 Å². The molecule has 1 aromatic heterocycles. The third-order valence-corrected chi connectivity index (χ3v) is 5.23. The number of piperidine rings is 1. The van der Waals surface area contributed by atoms with Crippen LogP contribution in [0.4, 0.5) is 22.9 Å². The van der Waals surface area contributed by atoms with E-state index < -0.39 is 22.1 Å². The van der Waals surface area contributed by atoms with Gasteiger partial charge >= 0.3 is 5.69 Å². The number of aliphatic hydroxyl groups excluding tert-OH is 1. The van der Waals surface area contributed by atoms with Crippen molar-refractivity contribution in [1.82, 2.24) is 4.98 Å². The number of aliphatic hydroxyl groups is 1. The van der Waals surface area contributed by atoms with Gasteiger partial charge in [-0.1, -0.05) is 0 Å². The Bertz CT molecular complexity index is 1010. The average molecular weight is 412 g/mol. The molecular formula is C19H20N6O5. The first-order valence-electron chi connectivity index (χ1n) is 9.29. The van der Waals surface area contributed by atoms with Crippen molar-refractivity contribution in [3.63, 3.8) is 0 Å². The van der Waals surface area contributed by atoms with Crippen LogP contribution in [0.1, 0.15) is 29.5 Å². The van der Waals surface area contributed by atoms with E-state index >= 15 is 0 Å². The number of nitrogens with zero attached hydrogens (tertiary/aromatic N) is 5. The monoisotopic (exact) mass is 412 g/mol. The summed E-state index contributed by atoms with van der Waals surface area (Å²) < 4.78 is 0. The quantitative estimate of drug-likeness (QED) is 0.537. The van der Waals surface area contributed by atoms with Gasteiger partial charge in [0.1, 0.15) is 11.9 Å². The smallest absolute Gasteiger partial charge is 0.302 e. The number of nitrogens with one attached hydrogen (secondary N) is 1. The molecule has 1 aliphatic heterocycles. The highest BCUT2D eigenvalue weighted by Gasteiger charge is 2.32. The maximum Gasteiger partial charge on any atom is 0.302 e. The molecule has 2 heterocycles. The van der Waals surface area contributed by atoms with Crippen LogP contribution in [-0.4, -0.2) is 39.1 Å². The highest BCUT2D eigenvalue weighted by atomic mass is 16.6. The van der Waals surface area contributed by atoms with Crippen molar-refractivity contribution < 1.29 is 15.0 Å². The Morgan fingerprint density at radius 1 is 1.30 bits per heavy atom. The van der Waals surface area contributed by atoms with E-state index in [1.54, 1.807) is 12.1 Å². The second-order valence-electron chi connectivity index (χ2n) is 7.00. The number of nitriles is 1. The number of benzene rings is 1. The maximum absolute atomic E-state index is 11.6. The van der Waals surface area contributed by atoms with Crippen molar-refractivity contribution in [3.05, 3.63) is 61.3 Å². The third-order valence-electron chi connectivity index (χ3n) is 5.23. The SMILES string of the molecule is Cc1c(CO)cc([N+](=O)[O-])c(NC2CCN(c3ccc(C#N)cn3)CC2)c1[N+](=O)[O-]. The molecule has 11 heteroatoms. The minimum atomic E-state index is -0.677. The van der Waals surface area contributed by atoms with Crippen LogP contribution in [0, 0.1) is 38.5 Å². The third kappa shape index (κ3) is 4.13. The van der Waals surface area contributed by atoms with Crippen LogP contribution in [0.2, 0.25) is 0 Å². The molecule has 0 atom stereocenters. The molecule has 11 nitrogen and oxygen atoms in total. The molecule has 0 saturated carbocycles. The van der Waals surface area contributed by atoms with E-state index in [1.807, 2.05) is 11.0 Å². The number of pyridine rings is 1. The fraction of sp³-hybridized carbons (Fsp3) is 0.368. The summed E-state index contributed by atoms with van der Waals surface area (Å²) in [4.78, 5) is 28.1. The molecule has 3 rings (SSSR count). The lowest BCUT2D eigenvalue weighted by molar-refractivity contribution is -0.392. The number of hydrogen-bond acceptors (Lipinski definition) is 9. The normalized spacial score (nSPS) is 14.2. The molecule has 30 heavy (non-hydrogen) atoms. The second-order valence-corrected chi connectivity index (χ2v) is 7.00. The van der Waals surface area contributed by atoms with E-state index in [0.29, 0.717) is 31.5 Å². The van der Waals surface area contributed by atoms with Gasteiger partial charge in [0.25, 0.3) is 5.69 Å². The molecule has 1 saturated heterocycles. The Balaban J connectivity index is 1.81. The fourth-order valence-corrected chi connectivity index (χ4v) is 3.58. The summed E-state index contributed by atoms with van der Waals surface area (Å²) in [6, 6.07) is 6.45. The van der Waals surface area contributed by atoms with E-state index in [2.05, 4.69) is 10.3 Å². The van der Waals surface area contributed by atoms with Crippen LogP contribution in [0.25, 0.3) is 0 Å². The molecule has 0 radical (unpaired) electrons. The molecule has 1 aromatic carbocycles. The van der Waals surface area contributed by atoms with Gasteiger partial charge in [0, 0.05) is 37.0 Å². The predicted molar refractivity (Wildman–Crippen MR) is 108 cm³/mol. The highest BCUT2D eigenvalue weighted by molar-refractivity contribution is 5.78. The van der Waals surface area contributed by atoms with Gasteiger partial charge in [-0.3, -0.25) is 20.2 Å².